The summed E-state index contributed by atoms with van der Waals surface area (Å²) in [6.45, 7) is 6.32. The molecule has 0 heterocycles. The Morgan fingerprint density at radius 3 is 1.24 bits per heavy atom. The van der Waals surface area contributed by atoms with Gasteiger partial charge in [0, 0.05) is 0 Å². The predicted octanol–water partition coefficient (Wildman–Crippen LogP) is 8.89. The molecule has 0 aromatic carbocycles. The zero-order valence-electron chi connectivity index (χ0n) is 22.5. The van der Waals surface area contributed by atoms with Crippen LogP contribution in [0.4, 0.5) is 74.6 Å². The first-order valence-corrected chi connectivity index (χ1v) is 11.0. The summed E-state index contributed by atoms with van der Waals surface area (Å²) >= 11 is 0. The zero-order chi connectivity index (χ0) is 34.6. The fourth-order valence-electron chi connectivity index (χ4n) is 3.15. The van der Waals surface area contributed by atoms with Gasteiger partial charge < -0.3 is 4.74 Å². The summed E-state index contributed by atoms with van der Waals surface area (Å²) in [6.07, 6.45) is -38.5. The molecular formula is C21H25F17O4. The number of carbonyl (C=O) groups excluding carboxylic acids is 1. The maximum absolute atomic E-state index is 14.7. The zero-order valence-corrected chi connectivity index (χ0v) is 22.5. The highest BCUT2D eigenvalue weighted by Crippen LogP contribution is 2.57. The molecule has 0 N–H and O–H groups in total. The fraction of sp³-hybridized carbons (Fsp3) is 0.952. The summed E-state index contributed by atoms with van der Waals surface area (Å²) in [7, 11) is 0. The van der Waals surface area contributed by atoms with E-state index >= 15 is 0 Å². The maximum atomic E-state index is 14.7. The lowest BCUT2D eigenvalue weighted by Crippen LogP contribution is -2.67. The van der Waals surface area contributed by atoms with Crippen molar-refractivity contribution in [2.75, 3.05) is 6.61 Å². The predicted molar refractivity (Wildman–Crippen MR) is 105 cm³/mol. The normalized spacial score (nSPS) is 19.5. The highest BCUT2D eigenvalue weighted by molar-refractivity contribution is 5.77. The number of rotatable bonds is 10. The summed E-state index contributed by atoms with van der Waals surface area (Å²) in [4.78, 5) is 12.7. The fourth-order valence-corrected chi connectivity index (χ4v) is 3.15. The molecule has 252 valence electrons. The number of carbonyl (C=O) groups is 1. The molecule has 0 aliphatic rings. The quantitative estimate of drug-likeness (QED) is 0.173. The Hall–Kier alpha value is -1.80. The molecule has 0 aromatic heterocycles. The largest absolute Gasteiger partial charge is 0.462 e. The van der Waals surface area contributed by atoms with Crippen LogP contribution in [0.5, 0.6) is 0 Å². The minimum Gasteiger partial charge on any atom is -0.459 e. The SMILES string of the molecule is CC(C)(C)CC(C)(C(=O)OCC(F)(OC(F)(F)C(F)(OC(F)(F)C(F)(F)C(F)(F)F)C(F)(F)F)C(F)(F)F)C(C)(C)C. The Morgan fingerprint density at radius 1 is 0.548 bits per heavy atom. The molecule has 0 fully saturated rings. The second-order valence-electron chi connectivity index (χ2n) is 11.5. The molecule has 0 aromatic rings. The monoisotopic (exact) mass is 664 g/mol. The number of halogens is 17. The molecule has 42 heavy (non-hydrogen) atoms. The van der Waals surface area contributed by atoms with Gasteiger partial charge in [0.1, 0.15) is 0 Å². The Kier molecular flexibility index (Phi) is 10.5. The van der Waals surface area contributed by atoms with E-state index in [1.165, 1.54) is 46.3 Å². The van der Waals surface area contributed by atoms with E-state index < -0.39 is 77.2 Å². The van der Waals surface area contributed by atoms with Crippen LogP contribution >= 0.6 is 0 Å². The molecule has 0 aliphatic heterocycles. The molecule has 0 saturated heterocycles. The van der Waals surface area contributed by atoms with Gasteiger partial charge in [-0.2, -0.15) is 74.6 Å². The van der Waals surface area contributed by atoms with Crippen LogP contribution in [0.15, 0.2) is 0 Å². The molecular weight excluding hydrogens is 639 g/mol. The van der Waals surface area contributed by atoms with E-state index in [1.54, 1.807) is 0 Å². The van der Waals surface area contributed by atoms with Gasteiger partial charge in [0.15, 0.2) is 6.61 Å². The van der Waals surface area contributed by atoms with Crippen LogP contribution in [0.3, 0.4) is 0 Å². The molecule has 3 atom stereocenters. The van der Waals surface area contributed by atoms with Gasteiger partial charge >= 0.3 is 54.3 Å². The lowest BCUT2D eigenvalue weighted by molar-refractivity contribution is -0.552. The van der Waals surface area contributed by atoms with E-state index in [4.69, 9.17) is 0 Å². The van der Waals surface area contributed by atoms with Gasteiger partial charge in [0.25, 0.3) is 0 Å². The summed E-state index contributed by atoms with van der Waals surface area (Å²) in [6, 6.07) is 0. The molecule has 0 aliphatic carbocycles. The van der Waals surface area contributed by atoms with Gasteiger partial charge in [-0.3, -0.25) is 14.3 Å². The van der Waals surface area contributed by atoms with E-state index in [2.05, 4.69) is 9.47 Å². The van der Waals surface area contributed by atoms with Crippen molar-refractivity contribution in [2.45, 2.75) is 103 Å². The van der Waals surface area contributed by atoms with E-state index in [9.17, 15) is 79.4 Å². The smallest absolute Gasteiger partial charge is 0.459 e. The van der Waals surface area contributed by atoms with E-state index in [1.807, 2.05) is 0 Å². The van der Waals surface area contributed by atoms with Crippen LogP contribution in [0.25, 0.3) is 0 Å². The van der Waals surface area contributed by atoms with E-state index in [-0.39, 0.29) is 6.42 Å². The number of ether oxygens (including phenoxy) is 3. The van der Waals surface area contributed by atoms with Gasteiger partial charge in [-0.15, -0.1) is 0 Å². The van der Waals surface area contributed by atoms with Gasteiger partial charge in [0.2, 0.25) is 0 Å². The Morgan fingerprint density at radius 2 is 0.952 bits per heavy atom. The Balaban J connectivity index is 6.78. The average molecular weight is 664 g/mol. The summed E-state index contributed by atoms with van der Waals surface area (Å²) in [5.41, 5.74) is -4.03. The van der Waals surface area contributed by atoms with Gasteiger partial charge in [0.05, 0.1) is 5.41 Å². The molecule has 3 unspecified atom stereocenters. The number of alkyl halides is 17. The van der Waals surface area contributed by atoms with Gasteiger partial charge in [-0.1, -0.05) is 41.5 Å². The van der Waals surface area contributed by atoms with E-state index in [0.29, 0.717) is 0 Å². The van der Waals surface area contributed by atoms with Crippen LogP contribution in [0.1, 0.15) is 54.9 Å². The van der Waals surface area contributed by atoms with Crippen LogP contribution < -0.4 is 0 Å². The molecule has 0 saturated carbocycles. The molecule has 0 radical (unpaired) electrons. The Labute approximate surface area is 226 Å². The lowest BCUT2D eigenvalue weighted by atomic mass is 9.61. The minimum atomic E-state index is -8.00. The Bertz CT molecular complexity index is 958. The van der Waals surface area contributed by atoms with Crippen molar-refractivity contribution < 1.29 is 93.6 Å². The maximum Gasteiger partial charge on any atom is 0.462 e. The highest BCUT2D eigenvalue weighted by Gasteiger charge is 2.85. The van der Waals surface area contributed by atoms with Crippen molar-refractivity contribution in [2.24, 2.45) is 16.2 Å². The molecule has 4 nitrogen and oxygen atoms in total. The molecule has 0 rings (SSSR count). The second-order valence-corrected chi connectivity index (χ2v) is 11.5. The summed E-state index contributed by atoms with van der Waals surface area (Å²) in [5.74, 6) is -24.1. The third-order valence-corrected chi connectivity index (χ3v) is 5.82. The second kappa shape index (κ2) is 11.0. The number of hydrogen-bond acceptors (Lipinski definition) is 4. The molecule has 0 spiro atoms. The van der Waals surface area contributed by atoms with E-state index in [0.717, 1.165) is 6.92 Å². The number of hydrogen-bond donors (Lipinski definition) is 0. The van der Waals surface area contributed by atoms with Gasteiger partial charge in [-0.05, 0) is 24.2 Å². The van der Waals surface area contributed by atoms with Crippen LogP contribution in [0, 0.1) is 16.2 Å². The molecule has 0 bridgehead atoms. The standard InChI is InChI=1S/C21H25F17O4/c1-11(2,3)8-13(7,12(4,5)6)10(39)40-9-14(22,17(26,27)28)41-21(37,38)16(25,19(32,33)34)42-20(35,36)15(23,24)18(29,30)31/h8-9H2,1-7H3. The van der Waals surface area contributed by atoms with Crippen molar-refractivity contribution in [1.29, 1.82) is 0 Å². The van der Waals surface area contributed by atoms with Crippen molar-refractivity contribution in [3.63, 3.8) is 0 Å². The molecule has 0 amide bonds. The summed E-state index contributed by atoms with van der Waals surface area (Å²) in [5, 5.41) is 0. The highest BCUT2D eigenvalue weighted by atomic mass is 19.4. The molecule has 21 heteroatoms. The van der Waals surface area contributed by atoms with Crippen LogP contribution in [-0.4, -0.2) is 61.0 Å². The van der Waals surface area contributed by atoms with Crippen molar-refractivity contribution in [3.05, 3.63) is 0 Å². The van der Waals surface area contributed by atoms with Crippen LogP contribution in [0.2, 0.25) is 0 Å². The third kappa shape index (κ3) is 7.82. The lowest BCUT2D eigenvalue weighted by Gasteiger charge is -2.44. The third-order valence-electron chi connectivity index (χ3n) is 5.82. The first-order valence-electron chi connectivity index (χ1n) is 11.0. The average Bonchev–Trinajstić information content (AvgIpc) is 2.66. The minimum absolute atomic E-state index is 0.275. The number of esters is 1. The van der Waals surface area contributed by atoms with Crippen molar-refractivity contribution in [1.82, 2.24) is 0 Å². The summed E-state index contributed by atoms with van der Waals surface area (Å²) < 4.78 is 234. The van der Waals surface area contributed by atoms with Crippen molar-refractivity contribution in [3.8, 4) is 0 Å². The van der Waals surface area contributed by atoms with Crippen molar-refractivity contribution >= 4 is 5.97 Å². The van der Waals surface area contributed by atoms with Gasteiger partial charge in [-0.25, -0.2) is 0 Å². The first-order chi connectivity index (χ1) is 17.7. The van der Waals surface area contributed by atoms with Crippen LogP contribution in [-0.2, 0) is 19.0 Å². The first kappa shape index (κ1) is 40.2. The topological polar surface area (TPSA) is 44.8 Å².